The summed E-state index contributed by atoms with van der Waals surface area (Å²) in [5, 5.41) is 12.3. The third-order valence-electron chi connectivity index (χ3n) is 4.56. The standard InChI is InChI=1S/C19H18ClF3N2O5S/c20-14-8-13(2-4-15(14)22)24-18(26)12-1-3-16(23)17(7-12)31(28,29)25-5-6-30-11-19(27,9-21)10-25/h1-4,7-8,27H,5-6,9-11H2,(H,24,26). The molecular formula is C19H18ClF3N2O5S. The summed E-state index contributed by atoms with van der Waals surface area (Å²) in [4.78, 5) is 11.7. The van der Waals surface area contributed by atoms with E-state index in [-0.39, 0.29) is 29.4 Å². The Balaban J connectivity index is 1.90. The quantitative estimate of drug-likeness (QED) is 0.688. The Morgan fingerprint density at radius 2 is 1.94 bits per heavy atom. The second kappa shape index (κ2) is 9.13. The zero-order valence-corrected chi connectivity index (χ0v) is 17.5. The Morgan fingerprint density at radius 3 is 2.61 bits per heavy atom. The summed E-state index contributed by atoms with van der Waals surface area (Å²) in [5.41, 5.74) is -2.13. The summed E-state index contributed by atoms with van der Waals surface area (Å²) in [6.07, 6.45) is 0. The molecule has 1 aliphatic heterocycles. The van der Waals surface area contributed by atoms with E-state index in [1.54, 1.807) is 0 Å². The number of β-amino-alcohol motifs (C(OH)–C–C–N with tert-alkyl or cyclic N) is 1. The van der Waals surface area contributed by atoms with E-state index in [4.69, 9.17) is 16.3 Å². The number of amides is 1. The average Bonchev–Trinajstić information content (AvgIpc) is 2.93. The van der Waals surface area contributed by atoms with Gasteiger partial charge in [0.25, 0.3) is 5.91 Å². The number of nitrogens with one attached hydrogen (secondary N) is 1. The molecule has 31 heavy (non-hydrogen) atoms. The lowest BCUT2D eigenvalue weighted by atomic mass is 10.1. The molecule has 0 radical (unpaired) electrons. The summed E-state index contributed by atoms with van der Waals surface area (Å²) in [6, 6.07) is 6.13. The van der Waals surface area contributed by atoms with Gasteiger partial charge in [0.1, 0.15) is 28.8 Å². The molecule has 168 valence electrons. The van der Waals surface area contributed by atoms with E-state index in [1.807, 2.05) is 0 Å². The highest BCUT2D eigenvalue weighted by atomic mass is 35.5. The van der Waals surface area contributed by atoms with Gasteiger partial charge in [-0.05, 0) is 36.4 Å². The number of halogens is 4. The number of ether oxygens (including phenoxy) is 1. The van der Waals surface area contributed by atoms with Crippen LogP contribution in [0, 0.1) is 11.6 Å². The van der Waals surface area contributed by atoms with Crippen molar-refractivity contribution in [3.05, 3.63) is 58.6 Å². The van der Waals surface area contributed by atoms with Crippen molar-refractivity contribution in [2.45, 2.75) is 10.5 Å². The summed E-state index contributed by atoms with van der Waals surface area (Å²) >= 11 is 5.67. The number of rotatable bonds is 5. The van der Waals surface area contributed by atoms with Gasteiger partial charge in [0.15, 0.2) is 0 Å². The molecule has 0 bridgehead atoms. The van der Waals surface area contributed by atoms with E-state index in [0.717, 1.165) is 30.3 Å². The molecule has 2 aromatic rings. The number of aliphatic hydroxyl groups is 1. The van der Waals surface area contributed by atoms with Crippen LogP contribution >= 0.6 is 11.6 Å². The van der Waals surface area contributed by atoms with Gasteiger partial charge in [0.05, 0.1) is 18.2 Å². The van der Waals surface area contributed by atoms with Gasteiger partial charge >= 0.3 is 0 Å². The molecule has 0 aromatic heterocycles. The summed E-state index contributed by atoms with van der Waals surface area (Å²) in [7, 11) is -4.54. The Labute approximate surface area is 181 Å². The number of anilines is 1. The Morgan fingerprint density at radius 1 is 1.23 bits per heavy atom. The first-order valence-corrected chi connectivity index (χ1v) is 10.8. The molecule has 1 atom stereocenters. The van der Waals surface area contributed by atoms with Crippen LogP contribution in [0.25, 0.3) is 0 Å². The topological polar surface area (TPSA) is 95.9 Å². The molecule has 3 rings (SSSR count). The fourth-order valence-electron chi connectivity index (χ4n) is 2.93. The fraction of sp³-hybridized carbons (Fsp3) is 0.316. The number of hydrogen-bond donors (Lipinski definition) is 2. The minimum Gasteiger partial charge on any atom is -0.383 e. The van der Waals surface area contributed by atoms with Crippen LogP contribution in [0.4, 0.5) is 18.9 Å². The van der Waals surface area contributed by atoms with E-state index in [2.05, 4.69) is 5.32 Å². The first kappa shape index (κ1) is 23.5. The number of carbonyl (C=O) groups excluding carboxylic acids is 1. The second-order valence-corrected chi connectivity index (χ2v) is 9.29. The molecule has 1 amide bonds. The van der Waals surface area contributed by atoms with Crippen molar-refractivity contribution in [3.8, 4) is 0 Å². The largest absolute Gasteiger partial charge is 0.383 e. The molecule has 1 fully saturated rings. The van der Waals surface area contributed by atoms with Crippen molar-refractivity contribution in [3.63, 3.8) is 0 Å². The predicted octanol–water partition coefficient (Wildman–Crippen LogP) is 2.59. The lowest BCUT2D eigenvalue weighted by Crippen LogP contribution is -2.48. The van der Waals surface area contributed by atoms with Crippen LogP contribution in [-0.2, 0) is 14.8 Å². The van der Waals surface area contributed by atoms with Gasteiger partial charge in [-0.1, -0.05) is 11.6 Å². The normalized spacial score (nSPS) is 20.3. The molecule has 1 saturated heterocycles. The smallest absolute Gasteiger partial charge is 0.255 e. The zero-order chi connectivity index (χ0) is 22.8. The van der Waals surface area contributed by atoms with E-state index >= 15 is 0 Å². The lowest BCUT2D eigenvalue weighted by molar-refractivity contribution is -0.0467. The number of sulfonamides is 1. The van der Waals surface area contributed by atoms with Gasteiger partial charge in [-0.2, -0.15) is 4.31 Å². The van der Waals surface area contributed by atoms with Crippen molar-refractivity contribution >= 4 is 33.2 Å². The average molecular weight is 479 g/mol. The van der Waals surface area contributed by atoms with Crippen LogP contribution < -0.4 is 5.32 Å². The van der Waals surface area contributed by atoms with Crippen molar-refractivity contribution in [1.82, 2.24) is 4.31 Å². The Hall–Kier alpha value is -2.18. The maximum Gasteiger partial charge on any atom is 0.255 e. The molecule has 7 nitrogen and oxygen atoms in total. The van der Waals surface area contributed by atoms with Gasteiger partial charge in [0.2, 0.25) is 10.0 Å². The maximum absolute atomic E-state index is 14.4. The first-order valence-electron chi connectivity index (χ1n) is 8.98. The highest BCUT2D eigenvalue weighted by Crippen LogP contribution is 2.25. The molecule has 0 aliphatic carbocycles. The van der Waals surface area contributed by atoms with Crippen molar-refractivity contribution < 1.29 is 36.2 Å². The third-order valence-corrected chi connectivity index (χ3v) is 6.71. The predicted molar refractivity (Wildman–Crippen MR) is 106 cm³/mol. The highest BCUT2D eigenvalue weighted by molar-refractivity contribution is 7.89. The van der Waals surface area contributed by atoms with E-state index < -0.39 is 57.9 Å². The van der Waals surface area contributed by atoms with Gasteiger partial charge in [-0.3, -0.25) is 4.79 Å². The molecular weight excluding hydrogens is 461 g/mol. The number of alkyl halides is 1. The second-order valence-electron chi connectivity index (χ2n) is 6.98. The molecule has 0 saturated carbocycles. The number of carbonyl (C=O) groups is 1. The molecule has 1 unspecified atom stereocenters. The van der Waals surface area contributed by atoms with Crippen LogP contribution in [0.5, 0.6) is 0 Å². The van der Waals surface area contributed by atoms with E-state index in [9.17, 15) is 31.5 Å². The molecule has 1 heterocycles. The minimum atomic E-state index is -4.54. The Kier molecular flexibility index (Phi) is 6.92. The molecule has 2 aromatic carbocycles. The van der Waals surface area contributed by atoms with Gasteiger partial charge in [-0.25, -0.2) is 21.6 Å². The lowest BCUT2D eigenvalue weighted by Gasteiger charge is -2.27. The van der Waals surface area contributed by atoms with Crippen LogP contribution in [0.2, 0.25) is 5.02 Å². The Bertz CT molecular complexity index is 1100. The van der Waals surface area contributed by atoms with E-state index in [0.29, 0.717) is 4.31 Å². The number of benzene rings is 2. The van der Waals surface area contributed by atoms with Crippen LogP contribution in [0.3, 0.4) is 0 Å². The first-order chi connectivity index (χ1) is 14.6. The van der Waals surface area contributed by atoms with Crippen LogP contribution in [0.15, 0.2) is 41.3 Å². The van der Waals surface area contributed by atoms with Crippen molar-refractivity contribution in [1.29, 1.82) is 0 Å². The summed E-state index contributed by atoms with van der Waals surface area (Å²) in [6.45, 7) is -2.69. The van der Waals surface area contributed by atoms with E-state index in [1.165, 1.54) is 6.07 Å². The van der Waals surface area contributed by atoms with Crippen LogP contribution in [0.1, 0.15) is 10.4 Å². The monoisotopic (exact) mass is 478 g/mol. The van der Waals surface area contributed by atoms with Crippen molar-refractivity contribution in [2.24, 2.45) is 0 Å². The van der Waals surface area contributed by atoms with Gasteiger partial charge < -0.3 is 15.2 Å². The molecule has 0 spiro atoms. The summed E-state index contributed by atoms with van der Waals surface area (Å²) < 4.78 is 72.6. The van der Waals surface area contributed by atoms with Crippen molar-refractivity contribution in [2.75, 3.05) is 38.3 Å². The number of nitrogens with zero attached hydrogens (tertiary/aromatic N) is 1. The van der Waals surface area contributed by atoms with Gasteiger partial charge in [0, 0.05) is 24.3 Å². The highest BCUT2D eigenvalue weighted by Gasteiger charge is 2.39. The van der Waals surface area contributed by atoms with Gasteiger partial charge in [-0.15, -0.1) is 0 Å². The number of hydrogen-bond acceptors (Lipinski definition) is 5. The van der Waals surface area contributed by atoms with Crippen LogP contribution in [-0.4, -0.2) is 62.3 Å². The molecule has 1 aliphatic rings. The third kappa shape index (κ3) is 5.18. The fourth-order valence-corrected chi connectivity index (χ4v) is 4.70. The summed E-state index contributed by atoms with van der Waals surface area (Å²) in [5.74, 6) is -2.61. The molecule has 2 N–H and O–H groups in total. The maximum atomic E-state index is 14.4. The SMILES string of the molecule is O=C(Nc1ccc(F)c(Cl)c1)c1ccc(F)c(S(=O)(=O)N2CCOCC(O)(CF)C2)c1. The zero-order valence-electron chi connectivity index (χ0n) is 15.9. The molecule has 12 heteroatoms. The minimum absolute atomic E-state index is 0.130.